The molecule has 0 aliphatic heterocycles. The minimum Gasteiger partial charge on any atom is -0.490 e. The second-order valence-electron chi connectivity index (χ2n) is 7.43. The highest BCUT2D eigenvalue weighted by Gasteiger charge is 2.20. The van der Waals surface area contributed by atoms with Gasteiger partial charge in [-0.2, -0.15) is 4.98 Å². The molecule has 2 aromatic carbocycles. The summed E-state index contributed by atoms with van der Waals surface area (Å²) in [5.41, 5.74) is 2.23. The monoisotopic (exact) mass is 442 g/mol. The first-order valence-corrected chi connectivity index (χ1v) is 11.6. The lowest BCUT2D eigenvalue weighted by atomic mass is 10.1. The molecule has 0 unspecified atom stereocenters. The number of rotatable bonds is 8. The van der Waals surface area contributed by atoms with Crippen LogP contribution in [0, 0.1) is 5.82 Å². The molecule has 0 amide bonds. The fourth-order valence-electron chi connectivity index (χ4n) is 3.60. The van der Waals surface area contributed by atoms with E-state index >= 15 is 0 Å². The fourth-order valence-corrected chi connectivity index (χ4v) is 4.05. The van der Waals surface area contributed by atoms with Crippen LogP contribution in [0.4, 0.5) is 16.0 Å². The Labute approximate surface area is 181 Å². The summed E-state index contributed by atoms with van der Waals surface area (Å²) < 4.78 is 41.6. The number of anilines is 2. The second-order valence-corrected chi connectivity index (χ2v) is 8.54. The number of nitrogens with one attached hydrogen (secondary N) is 1. The summed E-state index contributed by atoms with van der Waals surface area (Å²) >= 11 is 0. The van der Waals surface area contributed by atoms with E-state index in [-0.39, 0.29) is 17.7 Å². The molecule has 9 heteroatoms. The zero-order chi connectivity index (χ0) is 21.6. The molecular formula is C22H23FN4O3S. The fraction of sp³-hybridized carbons (Fsp3) is 0.318. The highest BCUT2D eigenvalue weighted by molar-refractivity contribution is 7.72. The third kappa shape index (κ3) is 5.75. The van der Waals surface area contributed by atoms with Gasteiger partial charge >= 0.3 is 0 Å². The van der Waals surface area contributed by atoms with Crippen molar-refractivity contribution < 1.29 is 17.5 Å². The topological polar surface area (TPSA) is 94.1 Å². The van der Waals surface area contributed by atoms with Gasteiger partial charge in [0.05, 0.1) is 17.4 Å². The highest BCUT2D eigenvalue weighted by Crippen LogP contribution is 2.32. The van der Waals surface area contributed by atoms with Crippen molar-refractivity contribution in [3.63, 3.8) is 0 Å². The van der Waals surface area contributed by atoms with Crippen LogP contribution in [0.15, 0.2) is 48.8 Å². The largest absolute Gasteiger partial charge is 0.490 e. The van der Waals surface area contributed by atoms with Gasteiger partial charge in [0, 0.05) is 11.8 Å². The molecule has 4 rings (SSSR count). The number of ether oxygens (including phenoxy) is 1. The number of hydrogen-bond acceptors (Lipinski definition) is 7. The average Bonchev–Trinajstić information content (AvgIpc) is 3.26. The van der Waals surface area contributed by atoms with Crippen molar-refractivity contribution in [1.82, 2.24) is 15.0 Å². The Balaban J connectivity index is 1.56. The van der Waals surface area contributed by atoms with Gasteiger partial charge in [-0.05, 0) is 61.9 Å². The maximum Gasteiger partial charge on any atom is 0.230 e. The maximum absolute atomic E-state index is 13.9. The quantitative estimate of drug-likeness (QED) is 0.511. The molecule has 0 spiro atoms. The molecule has 1 aliphatic rings. The predicted molar refractivity (Wildman–Crippen MR) is 117 cm³/mol. The molecule has 1 heterocycles. The normalized spacial score (nSPS) is 14.1. The lowest BCUT2D eigenvalue weighted by Gasteiger charge is -2.16. The van der Waals surface area contributed by atoms with Gasteiger partial charge in [-0.25, -0.2) is 22.8 Å². The van der Waals surface area contributed by atoms with E-state index < -0.39 is 10.7 Å². The van der Waals surface area contributed by atoms with E-state index in [4.69, 9.17) is 4.74 Å². The number of hydrogen-bond donors (Lipinski definition) is 2. The van der Waals surface area contributed by atoms with Gasteiger partial charge in [-0.15, -0.1) is 0 Å². The molecule has 0 saturated heterocycles. The molecule has 1 N–H and O–H groups in total. The van der Waals surface area contributed by atoms with Gasteiger partial charge in [0.15, 0.2) is 5.82 Å². The van der Waals surface area contributed by atoms with Gasteiger partial charge < -0.3 is 10.1 Å². The molecule has 162 valence electrons. The van der Waals surface area contributed by atoms with E-state index in [1.165, 1.54) is 18.5 Å². The molecular weight excluding hydrogens is 419 g/mol. The third-order valence-corrected chi connectivity index (χ3v) is 5.71. The molecule has 0 atom stereocenters. The summed E-state index contributed by atoms with van der Waals surface area (Å²) in [5.74, 6) is 0.861. The predicted octanol–water partition coefficient (Wildman–Crippen LogP) is 3.90. The Bertz CT molecular complexity index is 1130. The standard InChI is InChI=1S/C22H23FN4O3S/c23-16-8-9-19(20(13-16)30-18-6-1-2-7-18)21-24-14-25-22(27-21)26-17-5-3-4-15(12-17)10-11-31(28)29/h3-5,8-9,12-14,18,31H,1-2,6-7,10-11H2,(H,24,25,26,27). The van der Waals surface area contributed by atoms with Crippen molar-refractivity contribution in [2.75, 3.05) is 11.1 Å². The lowest BCUT2D eigenvalue weighted by molar-refractivity contribution is 0.210. The lowest BCUT2D eigenvalue weighted by Crippen LogP contribution is -2.12. The highest BCUT2D eigenvalue weighted by atomic mass is 32.2. The van der Waals surface area contributed by atoms with E-state index in [2.05, 4.69) is 20.3 Å². The number of nitrogens with zero attached hydrogens (tertiary/aromatic N) is 3. The van der Waals surface area contributed by atoms with Crippen LogP contribution in [-0.4, -0.2) is 35.2 Å². The first-order valence-electron chi connectivity index (χ1n) is 10.2. The smallest absolute Gasteiger partial charge is 0.230 e. The number of benzene rings is 2. The van der Waals surface area contributed by atoms with Crippen LogP contribution >= 0.6 is 0 Å². The van der Waals surface area contributed by atoms with Crippen LogP contribution in [0.5, 0.6) is 5.75 Å². The van der Waals surface area contributed by atoms with Crippen molar-refractivity contribution in [1.29, 1.82) is 0 Å². The maximum atomic E-state index is 13.9. The number of aryl methyl sites for hydroxylation is 1. The van der Waals surface area contributed by atoms with Crippen molar-refractivity contribution >= 4 is 22.3 Å². The van der Waals surface area contributed by atoms with E-state index in [0.717, 1.165) is 36.9 Å². The summed E-state index contributed by atoms with van der Waals surface area (Å²) in [6.45, 7) is 0. The zero-order valence-corrected chi connectivity index (χ0v) is 17.7. The van der Waals surface area contributed by atoms with Crippen LogP contribution in [0.1, 0.15) is 31.2 Å². The molecule has 3 aromatic rings. The van der Waals surface area contributed by atoms with Gasteiger partial charge in [-0.3, -0.25) is 0 Å². The van der Waals surface area contributed by atoms with E-state index in [0.29, 0.717) is 29.5 Å². The molecule has 0 radical (unpaired) electrons. The Morgan fingerprint density at radius 2 is 1.94 bits per heavy atom. The molecule has 31 heavy (non-hydrogen) atoms. The van der Waals surface area contributed by atoms with Crippen molar-refractivity contribution in [2.45, 2.75) is 38.2 Å². The van der Waals surface area contributed by atoms with Crippen LogP contribution in [-0.2, 0) is 17.1 Å². The van der Waals surface area contributed by atoms with Gasteiger partial charge in [0.25, 0.3) is 0 Å². The van der Waals surface area contributed by atoms with E-state index in [1.807, 2.05) is 24.3 Å². The second kappa shape index (κ2) is 9.82. The SMILES string of the molecule is O=[SH](=O)CCc1cccc(Nc2ncnc(-c3ccc(F)cc3OC3CCCC3)n2)c1. The van der Waals surface area contributed by atoms with Gasteiger partial charge in [0.1, 0.15) is 28.6 Å². The third-order valence-electron chi connectivity index (χ3n) is 5.12. The minimum atomic E-state index is -2.41. The first-order chi connectivity index (χ1) is 15.1. The molecule has 1 saturated carbocycles. The van der Waals surface area contributed by atoms with Gasteiger partial charge in [0.2, 0.25) is 5.95 Å². The van der Waals surface area contributed by atoms with Crippen LogP contribution in [0.2, 0.25) is 0 Å². The molecule has 0 bridgehead atoms. The Morgan fingerprint density at radius 1 is 1.10 bits per heavy atom. The minimum absolute atomic E-state index is 0.0759. The summed E-state index contributed by atoms with van der Waals surface area (Å²) in [6, 6.07) is 11.8. The summed E-state index contributed by atoms with van der Waals surface area (Å²) in [5, 5.41) is 3.12. The molecule has 1 aromatic heterocycles. The molecule has 1 aliphatic carbocycles. The molecule has 1 fully saturated rings. The van der Waals surface area contributed by atoms with E-state index in [9.17, 15) is 12.8 Å². The van der Waals surface area contributed by atoms with E-state index in [1.54, 1.807) is 6.07 Å². The Hall–Kier alpha value is -3.07. The van der Waals surface area contributed by atoms with Crippen molar-refractivity contribution in [3.05, 3.63) is 60.2 Å². The van der Waals surface area contributed by atoms with Crippen molar-refractivity contribution in [2.24, 2.45) is 0 Å². The van der Waals surface area contributed by atoms with Crippen LogP contribution in [0.3, 0.4) is 0 Å². The zero-order valence-electron chi connectivity index (χ0n) is 16.8. The number of thiol groups is 1. The first kappa shape index (κ1) is 21.2. The van der Waals surface area contributed by atoms with Crippen molar-refractivity contribution in [3.8, 4) is 17.1 Å². The average molecular weight is 443 g/mol. The molecule has 7 nitrogen and oxygen atoms in total. The summed E-state index contributed by atoms with van der Waals surface area (Å²) in [6.07, 6.45) is 6.03. The Morgan fingerprint density at radius 3 is 2.74 bits per heavy atom. The van der Waals surface area contributed by atoms with Crippen LogP contribution < -0.4 is 10.1 Å². The Kier molecular flexibility index (Phi) is 6.71. The summed E-state index contributed by atoms with van der Waals surface area (Å²) in [4.78, 5) is 12.9. The number of halogens is 1. The summed E-state index contributed by atoms with van der Waals surface area (Å²) in [7, 11) is -2.41. The van der Waals surface area contributed by atoms with Crippen LogP contribution in [0.25, 0.3) is 11.4 Å². The number of aromatic nitrogens is 3. The van der Waals surface area contributed by atoms with Gasteiger partial charge in [-0.1, -0.05) is 12.1 Å².